The molecule has 0 saturated carbocycles. The van der Waals surface area contributed by atoms with Gasteiger partial charge in [-0.3, -0.25) is 0 Å². The normalized spacial score (nSPS) is 17.5. The summed E-state index contributed by atoms with van der Waals surface area (Å²) in [6.07, 6.45) is 0.882. The second-order valence-electron chi connectivity index (χ2n) is 6.71. The second kappa shape index (κ2) is 8.27. The fourth-order valence-electron chi connectivity index (χ4n) is 2.99. The fraction of sp³-hybridized carbons (Fsp3) is 0.500. The van der Waals surface area contributed by atoms with Crippen LogP contribution < -0.4 is 5.32 Å². The van der Waals surface area contributed by atoms with Crippen LogP contribution in [0.1, 0.15) is 26.1 Å². The number of aromatic nitrogens is 2. The molecule has 3 rings (SSSR count). The van der Waals surface area contributed by atoms with Crippen LogP contribution in [0.3, 0.4) is 0 Å². The molecule has 2 amide bonds. The van der Waals surface area contributed by atoms with E-state index in [9.17, 15) is 9.18 Å². The van der Waals surface area contributed by atoms with Crippen LogP contribution in [0.2, 0.25) is 0 Å². The standard InChI is InChI=1S/C18H23FN4O3/c1-12(2)9-13-11-25-8-7-23(13)18(24)20-10-16-21-17(26-22-16)14-5-3-4-6-15(14)19/h3-6,12-13H,7-11H2,1-2H3,(H,20,24)/t13-/m0/s1. The molecule has 0 aliphatic carbocycles. The molecule has 8 heteroatoms. The van der Waals surface area contributed by atoms with E-state index >= 15 is 0 Å². The van der Waals surface area contributed by atoms with E-state index < -0.39 is 5.82 Å². The molecule has 0 bridgehead atoms. The summed E-state index contributed by atoms with van der Waals surface area (Å²) in [4.78, 5) is 18.5. The number of carbonyl (C=O) groups excluding carboxylic acids is 1. The fourth-order valence-corrected chi connectivity index (χ4v) is 2.99. The number of hydrogen-bond donors (Lipinski definition) is 1. The molecule has 1 aliphatic heterocycles. The highest BCUT2D eigenvalue weighted by molar-refractivity contribution is 5.74. The van der Waals surface area contributed by atoms with Crippen molar-refractivity contribution in [1.82, 2.24) is 20.4 Å². The Morgan fingerprint density at radius 1 is 1.42 bits per heavy atom. The summed E-state index contributed by atoms with van der Waals surface area (Å²) in [5, 5.41) is 6.61. The lowest BCUT2D eigenvalue weighted by molar-refractivity contribution is 0.00547. The van der Waals surface area contributed by atoms with Crippen LogP contribution in [0.5, 0.6) is 0 Å². The lowest BCUT2D eigenvalue weighted by Crippen LogP contribution is -2.52. The van der Waals surface area contributed by atoms with Crippen LogP contribution in [0.25, 0.3) is 11.5 Å². The van der Waals surface area contributed by atoms with Gasteiger partial charge >= 0.3 is 6.03 Å². The number of hydrogen-bond acceptors (Lipinski definition) is 5. The number of nitrogens with zero attached hydrogens (tertiary/aromatic N) is 3. The Morgan fingerprint density at radius 2 is 2.23 bits per heavy atom. The molecule has 1 fully saturated rings. The molecule has 1 saturated heterocycles. The minimum atomic E-state index is -0.434. The molecular weight excluding hydrogens is 339 g/mol. The van der Waals surface area contributed by atoms with E-state index in [0.29, 0.717) is 31.5 Å². The van der Waals surface area contributed by atoms with Gasteiger partial charge in [0.25, 0.3) is 5.89 Å². The number of rotatable bonds is 5. The Morgan fingerprint density at radius 3 is 3.00 bits per heavy atom. The van der Waals surface area contributed by atoms with Crippen molar-refractivity contribution >= 4 is 6.03 Å². The third kappa shape index (κ3) is 4.37. The van der Waals surface area contributed by atoms with Gasteiger partial charge in [0.1, 0.15) is 5.82 Å². The maximum atomic E-state index is 13.8. The van der Waals surface area contributed by atoms with Gasteiger partial charge in [-0.15, -0.1) is 0 Å². The van der Waals surface area contributed by atoms with Gasteiger partial charge in [0.15, 0.2) is 5.82 Å². The smallest absolute Gasteiger partial charge is 0.318 e. The van der Waals surface area contributed by atoms with Crippen LogP contribution in [0.4, 0.5) is 9.18 Å². The van der Waals surface area contributed by atoms with Gasteiger partial charge in [0.2, 0.25) is 0 Å². The summed E-state index contributed by atoms with van der Waals surface area (Å²) in [6.45, 7) is 5.98. The quantitative estimate of drug-likeness (QED) is 0.885. The summed E-state index contributed by atoms with van der Waals surface area (Å²) < 4.78 is 24.4. The van der Waals surface area contributed by atoms with Crippen molar-refractivity contribution in [3.8, 4) is 11.5 Å². The highest BCUT2D eigenvalue weighted by Gasteiger charge is 2.28. The van der Waals surface area contributed by atoms with Crippen molar-refractivity contribution in [3.63, 3.8) is 0 Å². The number of benzene rings is 1. The first-order valence-electron chi connectivity index (χ1n) is 8.74. The average Bonchev–Trinajstić information content (AvgIpc) is 3.09. The van der Waals surface area contributed by atoms with Crippen LogP contribution in [0, 0.1) is 11.7 Å². The monoisotopic (exact) mass is 362 g/mol. The van der Waals surface area contributed by atoms with Gasteiger partial charge < -0.3 is 19.5 Å². The van der Waals surface area contributed by atoms with Crippen molar-refractivity contribution in [1.29, 1.82) is 0 Å². The minimum absolute atomic E-state index is 0.0583. The Balaban J connectivity index is 1.60. The van der Waals surface area contributed by atoms with E-state index in [2.05, 4.69) is 29.3 Å². The van der Waals surface area contributed by atoms with Gasteiger partial charge in [-0.1, -0.05) is 31.1 Å². The molecule has 0 radical (unpaired) electrons. The van der Waals surface area contributed by atoms with Crippen LogP contribution in [-0.2, 0) is 11.3 Å². The molecule has 1 aromatic heterocycles. The number of nitrogens with one attached hydrogen (secondary N) is 1. The maximum Gasteiger partial charge on any atom is 0.318 e. The highest BCUT2D eigenvalue weighted by atomic mass is 19.1. The number of urea groups is 1. The third-order valence-corrected chi connectivity index (χ3v) is 4.20. The van der Waals surface area contributed by atoms with Gasteiger partial charge in [0, 0.05) is 6.54 Å². The molecule has 1 aliphatic rings. The van der Waals surface area contributed by atoms with Gasteiger partial charge in [-0.2, -0.15) is 4.98 Å². The summed E-state index contributed by atoms with van der Waals surface area (Å²) in [5.41, 5.74) is 0.239. The SMILES string of the molecule is CC(C)C[C@H]1COCCN1C(=O)NCc1noc(-c2ccccc2F)n1. The molecule has 140 valence electrons. The molecule has 1 atom stereocenters. The predicted molar refractivity (Wildman–Crippen MR) is 92.7 cm³/mol. The first-order chi connectivity index (χ1) is 12.5. The largest absolute Gasteiger partial charge is 0.377 e. The van der Waals surface area contributed by atoms with Gasteiger partial charge in [-0.05, 0) is 24.5 Å². The van der Waals surface area contributed by atoms with E-state index in [0.717, 1.165) is 6.42 Å². The van der Waals surface area contributed by atoms with E-state index in [1.165, 1.54) is 6.07 Å². The van der Waals surface area contributed by atoms with Crippen molar-refractivity contribution in [2.75, 3.05) is 19.8 Å². The van der Waals surface area contributed by atoms with Crippen molar-refractivity contribution in [3.05, 3.63) is 35.9 Å². The molecule has 7 nitrogen and oxygen atoms in total. The van der Waals surface area contributed by atoms with Gasteiger partial charge in [0.05, 0.1) is 31.4 Å². The minimum Gasteiger partial charge on any atom is -0.377 e. The number of carbonyl (C=O) groups is 1. The lowest BCUT2D eigenvalue weighted by atomic mass is 10.0. The van der Waals surface area contributed by atoms with E-state index in [1.807, 2.05) is 0 Å². The number of halogens is 1. The highest BCUT2D eigenvalue weighted by Crippen LogP contribution is 2.20. The zero-order valence-electron chi connectivity index (χ0n) is 14.9. The summed E-state index contributed by atoms with van der Waals surface area (Å²) in [7, 11) is 0. The predicted octanol–water partition coefficient (Wildman–Crippen LogP) is 2.83. The van der Waals surface area contributed by atoms with E-state index in [4.69, 9.17) is 9.26 Å². The van der Waals surface area contributed by atoms with Crippen molar-refractivity contribution in [2.45, 2.75) is 32.9 Å². The van der Waals surface area contributed by atoms with Crippen LogP contribution in [-0.4, -0.2) is 46.9 Å². The maximum absolute atomic E-state index is 13.8. The molecule has 1 N–H and O–H groups in total. The van der Waals surface area contributed by atoms with Crippen molar-refractivity contribution < 1.29 is 18.4 Å². The summed E-state index contributed by atoms with van der Waals surface area (Å²) in [5.74, 6) is 0.427. The Bertz CT molecular complexity index is 750. The number of morpholine rings is 1. The third-order valence-electron chi connectivity index (χ3n) is 4.20. The van der Waals surface area contributed by atoms with Crippen LogP contribution >= 0.6 is 0 Å². The Kier molecular flexibility index (Phi) is 5.82. The van der Waals surface area contributed by atoms with E-state index in [1.54, 1.807) is 23.1 Å². The number of ether oxygens (including phenoxy) is 1. The molecular formula is C18H23FN4O3. The molecule has 2 aromatic rings. The molecule has 2 heterocycles. The van der Waals surface area contributed by atoms with Crippen molar-refractivity contribution in [2.24, 2.45) is 5.92 Å². The Labute approximate surface area is 151 Å². The topological polar surface area (TPSA) is 80.5 Å². The number of amides is 2. The zero-order valence-corrected chi connectivity index (χ0v) is 14.9. The van der Waals surface area contributed by atoms with Gasteiger partial charge in [-0.25, -0.2) is 9.18 Å². The zero-order chi connectivity index (χ0) is 18.5. The molecule has 0 unspecified atom stereocenters. The van der Waals surface area contributed by atoms with Crippen LogP contribution in [0.15, 0.2) is 28.8 Å². The molecule has 0 spiro atoms. The first-order valence-corrected chi connectivity index (χ1v) is 8.74. The molecule has 26 heavy (non-hydrogen) atoms. The average molecular weight is 362 g/mol. The summed E-state index contributed by atoms with van der Waals surface area (Å²) >= 11 is 0. The second-order valence-corrected chi connectivity index (χ2v) is 6.71. The Hall–Kier alpha value is -2.48. The lowest BCUT2D eigenvalue weighted by Gasteiger charge is -2.36. The summed E-state index contributed by atoms with van der Waals surface area (Å²) in [6, 6.07) is 6.05. The molecule has 1 aromatic carbocycles. The van der Waals surface area contributed by atoms with E-state index in [-0.39, 0.29) is 30.1 Å². The first kappa shape index (κ1) is 18.3.